The molecule has 0 aliphatic carbocycles. The maximum Gasteiger partial charge on any atom is 0.573 e. The summed E-state index contributed by atoms with van der Waals surface area (Å²) in [4.78, 5) is 4.57. The van der Waals surface area contributed by atoms with Gasteiger partial charge in [0.25, 0.3) is 5.52 Å². The Morgan fingerprint density at radius 1 is 1.11 bits per heavy atom. The number of hydrogen-bond acceptors (Lipinski definition) is 5. The number of rotatable bonds is 4. The van der Waals surface area contributed by atoms with E-state index in [9.17, 15) is 13.2 Å². The summed E-state index contributed by atoms with van der Waals surface area (Å²) in [6.07, 6.45) is -4.75. The van der Waals surface area contributed by atoms with Crippen LogP contribution < -0.4 is 19.7 Å². The second kappa shape index (κ2) is 6.64. The van der Waals surface area contributed by atoms with E-state index in [4.69, 9.17) is 10.5 Å². The predicted octanol–water partition coefficient (Wildman–Crippen LogP) is 2.53. The number of para-hydroxylation sites is 2. The van der Waals surface area contributed by atoms with Crippen molar-refractivity contribution in [3.05, 3.63) is 54.2 Å². The third kappa shape index (κ3) is 3.07. The molecule has 0 fully saturated rings. The fraction of sp³-hybridized carbons (Fsp3) is 0.167. The standard InChI is InChI=1S/C18H15F3N5O2/c1-27-17-16-14(10-22)23-13-4-2-3-5-15(13)26(16)24-25(17)11-6-8-12(9-7-11)28-18(19,20)21/h2-9H,10,22H2,1H3/q+1. The number of benzene rings is 2. The van der Waals surface area contributed by atoms with E-state index < -0.39 is 6.36 Å². The summed E-state index contributed by atoms with van der Waals surface area (Å²) >= 11 is 0. The number of alkyl halides is 3. The summed E-state index contributed by atoms with van der Waals surface area (Å²) in [5, 5.41) is 4.54. The fourth-order valence-corrected chi connectivity index (χ4v) is 3.00. The normalized spacial score (nSPS) is 11.9. The van der Waals surface area contributed by atoms with Gasteiger partial charge in [0.2, 0.25) is 0 Å². The molecule has 4 rings (SSSR count). The fourth-order valence-electron chi connectivity index (χ4n) is 3.00. The van der Waals surface area contributed by atoms with E-state index in [1.165, 1.54) is 36.1 Å². The summed E-state index contributed by atoms with van der Waals surface area (Å²) in [6.45, 7) is 0.161. The van der Waals surface area contributed by atoms with Crippen LogP contribution in [0.1, 0.15) is 5.69 Å². The molecular weight excluding hydrogens is 375 g/mol. The Morgan fingerprint density at radius 2 is 1.82 bits per heavy atom. The van der Waals surface area contributed by atoms with E-state index >= 15 is 0 Å². The molecule has 10 heteroatoms. The molecule has 144 valence electrons. The second-order valence-corrected chi connectivity index (χ2v) is 5.86. The van der Waals surface area contributed by atoms with Crippen LogP contribution in [0.2, 0.25) is 0 Å². The zero-order valence-electron chi connectivity index (χ0n) is 14.6. The lowest BCUT2D eigenvalue weighted by atomic mass is 10.2. The predicted molar refractivity (Wildman–Crippen MR) is 93.2 cm³/mol. The highest BCUT2D eigenvalue weighted by molar-refractivity contribution is 5.74. The van der Waals surface area contributed by atoms with E-state index in [1.54, 1.807) is 4.52 Å². The SMILES string of the molecule is COc1c2c(CN)nc3ccccc3[n+]2nn1-c1ccc(OC(F)(F)F)cc1. The molecule has 28 heavy (non-hydrogen) atoms. The van der Waals surface area contributed by atoms with E-state index in [1.807, 2.05) is 24.3 Å². The summed E-state index contributed by atoms with van der Waals surface area (Å²) in [6, 6.07) is 12.7. The number of ether oxygens (including phenoxy) is 2. The van der Waals surface area contributed by atoms with Crippen LogP contribution in [-0.4, -0.2) is 28.4 Å². The van der Waals surface area contributed by atoms with Crippen molar-refractivity contribution in [1.82, 2.24) is 14.9 Å². The summed E-state index contributed by atoms with van der Waals surface area (Å²) in [7, 11) is 1.48. The topological polar surface area (TPSA) is 79.3 Å². The maximum absolute atomic E-state index is 12.4. The number of hydrogen-bond donors (Lipinski definition) is 1. The Labute approximate surface area is 156 Å². The van der Waals surface area contributed by atoms with Gasteiger partial charge in [0.05, 0.1) is 7.11 Å². The van der Waals surface area contributed by atoms with Crippen molar-refractivity contribution in [2.75, 3.05) is 7.11 Å². The van der Waals surface area contributed by atoms with Crippen LogP contribution in [-0.2, 0) is 6.54 Å². The number of nitrogens with zero attached hydrogens (tertiary/aromatic N) is 4. The van der Waals surface area contributed by atoms with Crippen molar-refractivity contribution < 1.29 is 27.2 Å². The minimum absolute atomic E-state index is 0.161. The average Bonchev–Trinajstić information content (AvgIpc) is 3.06. The largest absolute Gasteiger partial charge is 0.573 e. The number of halogens is 3. The Kier molecular flexibility index (Phi) is 4.27. The molecule has 2 N–H and O–H groups in total. The lowest BCUT2D eigenvalue weighted by Gasteiger charge is -2.08. The molecule has 0 radical (unpaired) electrons. The van der Waals surface area contributed by atoms with Gasteiger partial charge in [0, 0.05) is 6.54 Å². The molecule has 2 aromatic carbocycles. The minimum atomic E-state index is -4.75. The van der Waals surface area contributed by atoms with Crippen LogP contribution in [0.3, 0.4) is 0 Å². The molecule has 2 heterocycles. The molecule has 0 bridgehead atoms. The zero-order valence-corrected chi connectivity index (χ0v) is 14.6. The lowest BCUT2D eigenvalue weighted by Crippen LogP contribution is -2.28. The first-order valence-electron chi connectivity index (χ1n) is 8.24. The quantitative estimate of drug-likeness (QED) is 0.542. The van der Waals surface area contributed by atoms with Gasteiger partial charge >= 0.3 is 12.2 Å². The molecule has 4 aromatic rings. The Bertz CT molecular complexity index is 1160. The summed E-state index contributed by atoms with van der Waals surface area (Å²) in [5.41, 5.74) is 8.97. The van der Waals surface area contributed by atoms with Crippen molar-refractivity contribution >= 4 is 16.6 Å². The zero-order chi connectivity index (χ0) is 19.9. The monoisotopic (exact) mass is 390 g/mol. The van der Waals surface area contributed by atoms with E-state index in [2.05, 4.69) is 14.9 Å². The molecule has 0 spiro atoms. The maximum atomic E-state index is 12.4. The second-order valence-electron chi connectivity index (χ2n) is 5.86. The highest BCUT2D eigenvalue weighted by Gasteiger charge is 2.32. The molecule has 0 unspecified atom stereocenters. The summed E-state index contributed by atoms with van der Waals surface area (Å²) in [5.74, 6) is 0.0394. The third-order valence-corrected chi connectivity index (χ3v) is 4.13. The van der Waals surface area contributed by atoms with Crippen molar-refractivity contribution in [1.29, 1.82) is 0 Å². The first-order valence-corrected chi connectivity index (χ1v) is 8.24. The highest BCUT2D eigenvalue weighted by Crippen LogP contribution is 2.27. The van der Waals surface area contributed by atoms with Crippen LogP contribution in [0.4, 0.5) is 13.2 Å². The Balaban J connectivity index is 1.91. The number of methoxy groups -OCH3 is 1. The van der Waals surface area contributed by atoms with Gasteiger partial charge in [0.15, 0.2) is 11.2 Å². The average molecular weight is 390 g/mol. The van der Waals surface area contributed by atoms with Gasteiger partial charge in [-0.25, -0.2) is 4.98 Å². The van der Waals surface area contributed by atoms with Gasteiger partial charge in [-0.2, -0.15) is 0 Å². The van der Waals surface area contributed by atoms with Crippen LogP contribution in [0.5, 0.6) is 11.6 Å². The first kappa shape index (κ1) is 18.0. The van der Waals surface area contributed by atoms with Crippen molar-refractivity contribution in [2.24, 2.45) is 5.73 Å². The van der Waals surface area contributed by atoms with Crippen LogP contribution in [0.15, 0.2) is 48.5 Å². The van der Waals surface area contributed by atoms with E-state index in [0.29, 0.717) is 28.3 Å². The van der Waals surface area contributed by atoms with Crippen molar-refractivity contribution in [2.45, 2.75) is 12.9 Å². The highest BCUT2D eigenvalue weighted by atomic mass is 19.4. The molecule has 0 saturated heterocycles. The van der Waals surface area contributed by atoms with Crippen LogP contribution in [0, 0.1) is 0 Å². The minimum Gasteiger partial charge on any atom is -0.461 e. The molecule has 2 aromatic heterocycles. The van der Waals surface area contributed by atoms with Gasteiger partial charge in [-0.15, -0.1) is 13.2 Å². The van der Waals surface area contributed by atoms with Crippen LogP contribution >= 0.6 is 0 Å². The van der Waals surface area contributed by atoms with Gasteiger partial charge < -0.3 is 15.2 Å². The molecule has 0 aliphatic heterocycles. The number of nitrogens with two attached hydrogens (primary N) is 1. The van der Waals surface area contributed by atoms with Crippen molar-refractivity contribution in [3.63, 3.8) is 0 Å². The van der Waals surface area contributed by atoms with Gasteiger partial charge in [-0.05, 0) is 36.4 Å². The third-order valence-electron chi connectivity index (χ3n) is 4.13. The molecule has 0 saturated carbocycles. The number of aromatic nitrogens is 4. The van der Waals surface area contributed by atoms with Gasteiger partial charge in [-0.1, -0.05) is 21.3 Å². The van der Waals surface area contributed by atoms with E-state index in [0.717, 1.165) is 5.52 Å². The molecule has 0 atom stereocenters. The van der Waals surface area contributed by atoms with Gasteiger partial charge in [-0.3, -0.25) is 0 Å². The molecule has 0 aliphatic rings. The molecule has 7 nitrogen and oxygen atoms in total. The van der Waals surface area contributed by atoms with Gasteiger partial charge in [0.1, 0.15) is 22.2 Å². The molecular formula is C18H15F3N5O2+. The number of fused-ring (bicyclic) bond motifs is 3. The first-order chi connectivity index (χ1) is 13.4. The van der Waals surface area contributed by atoms with Crippen molar-refractivity contribution in [3.8, 4) is 17.3 Å². The molecule has 0 amide bonds. The lowest BCUT2D eigenvalue weighted by molar-refractivity contribution is -0.556. The summed E-state index contributed by atoms with van der Waals surface area (Å²) < 4.78 is 49.7. The Hall–Kier alpha value is -3.40. The Morgan fingerprint density at radius 3 is 2.46 bits per heavy atom. The van der Waals surface area contributed by atoms with Crippen LogP contribution in [0.25, 0.3) is 22.2 Å². The van der Waals surface area contributed by atoms with E-state index in [-0.39, 0.29) is 12.3 Å². The smallest absolute Gasteiger partial charge is 0.461 e.